The number of nitrogens with one attached hydrogen (secondary N) is 2. The molecular weight excluding hydrogens is 346 g/mol. The van der Waals surface area contributed by atoms with Gasteiger partial charge in [-0.1, -0.05) is 30.3 Å². The lowest BCUT2D eigenvalue weighted by atomic mass is 10.2. The molecule has 0 bridgehead atoms. The van der Waals surface area contributed by atoms with Crippen molar-refractivity contribution < 1.29 is 9.69 Å². The van der Waals surface area contributed by atoms with E-state index >= 15 is 0 Å². The fraction of sp³-hybridized carbons (Fsp3) is 0.421. The van der Waals surface area contributed by atoms with E-state index in [0.717, 1.165) is 31.5 Å². The Morgan fingerprint density at radius 3 is 2.52 bits per heavy atom. The van der Waals surface area contributed by atoms with Crippen LogP contribution in [0.1, 0.15) is 25.3 Å². The van der Waals surface area contributed by atoms with E-state index in [0.29, 0.717) is 13.1 Å². The number of quaternary nitrogens is 1. The molecule has 3 rings (SSSR count). The Balaban J connectivity index is 1.95. The predicted molar refractivity (Wildman–Crippen MR) is 104 cm³/mol. The van der Waals surface area contributed by atoms with Gasteiger partial charge in [0, 0.05) is 19.4 Å². The second kappa shape index (κ2) is 8.22. The molecule has 2 aromatic rings. The van der Waals surface area contributed by atoms with Gasteiger partial charge in [-0.05, 0) is 12.5 Å². The van der Waals surface area contributed by atoms with Gasteiger partial charge in [0.25, 0.3) is 11.5 Å². The van der Waals surface area contributed by atoms with Gasteiger partial charge < -0.3 is 10.6 Å². The molecule has 8 nitrogen and oxygen atoms in total. The lowest BCUT2D eigenvalue weighted by Gasteiger charge is -2.24. The van der Waals surface area contributed by atoms with Crippen molar-refractivity contribution in [2.24, 2.45) is 0 Å². The van der Waals surface area contributed by atoms with Crippen molar-refractivity contribution in [3.05, 3.63) is 56.7 Å². The largest absolute Gasteiger partial charge is 0.383 e. The van der Waals surface area contributed by atoms with Gasteiger partial charge in [0.05, 0.1) is 19.6 Å². The van der Waals surface area contributed by atoms with Gasteiger partial charge in [0.2, 0.25) is 0 Å². The molecule has 8 heteroatoms. The second-order valence-electron chi connectivity index (χ2n) is 6.84. The number of carbonyl (C=O) groups is 1. The molecule has 0 saturated carbocycles. The van der Waals surface area contributed by atoms with E-state index in [1.165, 1.54) is 14.4 Å². The van der Waals surface area contributed by atoms with Crippen molar-refractivity contribution >= 4 is 17.4 Å². The molecule has 0 unspecified atom stereocenters. The maximum Gasteiger partial charge on any atom is 0.330 e. The first-order valence-electron chi connectivity index (χ1n) is 9.31. The average Bonchev–Trinajstić information content (AvgIpc) is 3.15. The first kappa shape index (κ1) is 18.9. The smallest absolute Gasteiger partial charge is 0.330 e. The van der Waals surface area contributed by atoms with Gasteiger partial charge in [0.1, 0.15) is 5.82 Å². The number of likely N-dealkylation sites (N-methyl/N-ethyl adjacent to an activating group) is 1. The van der Waals surface area contributed by atoms with E-state index in [1.807, 2.05) is 30.3 Å². The zero-order chi connectivity index (χ0) is 19.4. The number of nitrogens with two attached hydrogens (primary N) is 1. The van der Waals surface area contributed by atoms with Crippen LogP contribution in [0.4, 0.5) is 11.5 Å². The highest BCUT2D eigenvalue weighted by Crippen LogP contribution is 2.17. The number of hydrogen-bond donors (Lipinski definition) is 3. The van der Waals surface area contributed by atoms with Crippen LogP contribution in [0, 0.1) is 0 Å². The van der Waals surface area contributed by atoms with Crippen molar-refractivity contribution in [1.29, 1.82) is 0 Å². The zero-order valence-corrected chi connectivity index (χ0v) is 15.5. The molecule has 1 aliphatic heterocycles. The SMILES string of the molecule is CCN(C(=O)C[NH+]1CCCC1)c1c(N)n(Cc2ccccc2)c(=O)[nH]c1=O. The van der Waals surface area contributed by atoms with E-state index in [1.54, 1.807) is 6.92 Å². The third kappa shape index (κ3) is 4.11. The summed E-state index contributed by atoms with van der Waals surface area (Å²) >= 11 is 0. The molecule has 4 N–H and O–H groups in total. The highest BCUT2D eigenvalue weighted by molar-refractivity contribution is 5.96. The monoisotopic (exact) mass is 372 g/mol. The first-order valence-corrected chi connectivity index (χ1v) is 9.31. The van der Waals surface area contributed by atoms with Crippen molar-refractivity contribution in [3.8, 4) is 0 Å². The van der Waals surface area contributed by atoms with Crippen molar-refractivity contribution in [2.75, 3.05) is 36.8 Å². The van der Waals surface area contributed by atoms with Gasteiger partial charge in [-0.3, -0.25) is 24.0 Å². The predicted octanol–water partition coefficient (Wildman–Crippen LogP) is -0.801. The molecule has 1 saturated heterocycles. The summed E-state index contributed by atoms with van der Waals surface area (Å²) in [6.07, 6.45) is 2.22. The van der Waals surface area contributed by atoms with Crippen LogP contribution in [0.5, 0.6) is 0 Å². The van der Waals surface area contributed by atoms with Crippen LogP contribution in [-0.4, -0.2) is 41.6 Å². The first-order chi connectivity index (χ1) is 13.0. The Bertz CT molecular complexity index is 913. The lowest BCUT2D eigenvalue weighted by molar-refractivity contribution is -0.878. The van der Waals surface area contributed by atoms with Gasteiger partial charge in [-0.2, -0.15) is 0 Å². The van der Waals surface area contributed by atoms with Gasteiger partial charge in [0.15, 0.2) is 12.2 Å². The lowest BCUT2D eigenvalue weighted by Crippen LogP contribution is -3.11. The number of carbonyl (C=O) groups excluding carboxylic acids is 1. The Kier molecular flexibility index (Phi) is 5.75. The van der Waals surface area contributed by atoms with Crippen LogP contribution in [0.15, 0.2) is 39.9 Å². The topological polar surface area (TPSA) is 106 Å². The zero-order valence-electron chi connectivity index (χ0n) is 15.5. The second-order valence-corrected chi connectivity index (χ2v) is 6.84. The van der Waals surface area contributed by atoms with Gasteiger partial charge in [-0.25, -0.2) is 4.79 Å². The summed E-state index contributed by atoms with van der Waals surface area (Å²) in [5.41, 5.74) is 5.91. The number of likely N-dealkylation sites (tertiary alicyclic amines) is 1. The quantitative estimate of drug-likeness (QED) is 0.617. The molecule has 1 aromatic carbocycles. The molecule has 2 heterocycles. The minimum atomic E-state index is -0.631. The number of hydrogen-bond acceptors (Lipinski definition) is 4. The Morgan fingerprint density at radius 1 is 1.22 bits per heavy atom. The summed E-state index contributed by atoms with van der Waals surface area (Å²) in [6, 6.07) is 9.35. The van der Waals surface area contributed by atoms with Gasteiger partial charge >= 0.3 is 5.69 Å². The summed E-state index contributed by atoms with van der Waals surface area (Å²) < 4.78 is 1.30. The molecule has 1 fully saturated rings. The highest BCUT2D eigenvalue weighted by atomic mass is 16.2. The number of aromatic amines is 1. The fourth-order valence-corrected chi connectivity index (χ4v) is 3.58. The summed E-state index contributed by atoms with van der Waals surface area (Å²) in [5.74, 6) is -0.143. The molecule has 0 radical (unpaired) electrons. The van der Waals surface area contributed by atoms with Crippen LogP contribution >= 0.6 is 0 Å². The summed E-state index contributed by atoms with van der Waals surface area (Å²) in [5, 5.41) is 0. The molecule has 27 heavy (non-hydrogen) atoms. The van der Waals surface area contributed by atoms with Crippen LogP contribution in [0.2, 0.25) is 0 Å². The van der Waals surface area contributed by atoms with E-state index in [2.05, 4.69) is 4.98 Å². The Hall–Kier alpha value is -2.87. The number of amides is 1. The fourth-order valence-electron chi connectivity index (χ4n) is 3.58. The summed E-state index contributed by atoms with van der Waals surface area (Å²) in [7, 11) is 0. The van der Waals surface area contributed by atoms with E-state index < -0.39 is 11.2 Å². The van der Waals surface area contributed by atoms with Gasteiger partial charge in [-0.15, -0.1) is 0 Å². The third-order valence-electron chi connectivity index (χ3n) is 5.00. The minimum absolute atomic E-state index is 0.0132. The molecule has 1 aliphatic rings. The molecule has 1 amide bonds. The molecule has 0 aliphatic carbocycles. The van der Waals surface area contributed by atoms with E-state index in [4.69, 9.17) is 5.73 Å². The van der Waals surface area contributed by atoms with E-state index in [-0.39, 0.29) is 24.0 Å². The average molecular weight is 372 g/mol. The summed E-state index contributed by atoms with van der Waals surface area (Å²) in [4.78, 5) is 42.5. The third-order valence-corrected chi connectivity index (χ3v) is 5.00. The number of anilines is 2. The number of rotatable bonds is 6. The Morgan fingerprint density at radius 2 is 1.89 bits per heavy atom. The van der Waals surface area contributed by atoms with Crippen LogP contribution < -0.4 is 26.8 Å². The van der Waals surface area contributed by atoms with Crippen molar-refractivity contribution in [1.82, 2.24) is 9.55 Å². The minimum Gasteiger partial charge on any atom is -0.383 e. The molecule has 1 aromatic heterocycles. The standard InChI is InChI=1S/C19H25N5O3/c1-2-23(15(25)13-22-10-6-7-11-22)16-17(20)24(19(27)21-18(16)26)12-14-8-4-3-5-9-14/h3-5,8-9H,2,6-7,10-13,20H2,1H3,(H,21,26,27)/p+1. The maximum absolute atomic E-state index is 12.8. The number of nitrogen functional groups attached to an aromatic ring is 1. The number of benzene rings is 1. The normalized spacial score (nSPS) is 14.4. The number of nitrogens with zero attached hydrogens (tertiary/aromatic N) is 2. The molecule has 0 atom stereocenters. The van der Waals surface area contributed by atoms with Crippen LogP contribution in [-0.2, 0) is 11.3 Å². The highest BCUT2D eigenvalue weighted by Gasteiger charge is 2.27. The van der Waals surface area contributed by atoms with E-state index in [9.17, 15) is 14.4 Å². The van der Waals surface area contributed by atoms with Crippen molar-refractivity contribution in [3.63, 3.8) is 0 Å². The Labute approximate surface area is 157 Å². The molecular formula is C19H26N5O3+. The number of aromatic nitrogens is 2. The maximum atomic E-state index is 12.8. The number of H-pyrrole nitrogens is 1. The molecule has 144 valence electrons. The van der Waals surface area contributed by atoms with Crippen molar-refractivity contribution in [2.45, 2.75) is 26.3 Å². The van der Waals surface area contributed by atoms with Crippen LogP contribution in [0.25, 0.3) is 0 Å². The molecule has 0 spiro atoms. The van der Waals surface area contributed by atoms with Crippen LogP contribution in [0.3, 0.4) is 0 Å². The summed E-state index contributed by atoms with van der Waals surface area (Å²) in [6.45, 7) is 4.57.